The number of hydrogen-bond donors (Lipinski definition) is 1. The Morgan fingerprint density at radius 3 is 2.53 bits per heavy atom. The Hall–Kier alpha value is -2.42. The molecule has 0 bridgehead atoms. The van der Waals surface area contributed by atoms with Crippen LogP contribution in [0.2, 0.25) is 0 Å². The Kier molecular flexibility index (Phi) is 2.67. The van der Waals surface area contributed by atoms with Crippen LogP contribution in [0.3, 0.4) is 0 Å². The molecule has 19 heavy (non-hydrogen) atoms. The van der Waals surface area contributed by atoms with Crippen LogP contribution in [0, 0.1) is 5.82 Å². The van der Waals surface area contributed by atoms with E-state index in [1.807, 2.05) is 24.4 Å². The lowest BCUT2D eigenvalue weighted by molar-refractivity contribution is 0.101. The van der Waals surface area contributed by atoms with E-state index in [1.165, 1.54) is 12.1 Å². The number of aromatic amines is 1. The summed E-state index contributed by atoms with van der Waals surface area (Å²) in [6, 6.07) is 11.9. The lowest BCUT2D eigenvalue weighted by Gasteiger charge is -2.00. The number of benzene rings is 2. The van der Waals surface area contributed by atoms with Gasteiger partial charge in [0.25, 0.3) is 0 Å². The SMILES string of the molecule is CC(=O)c1ccc2c(-c3ccc(F)cc3)c[nH]c2c1. The standard InChI is InChI=1S/C16H12FNO/c1-10(19)12-4-7-14-15(9-18-16(14)8-12)11-2-5-13(17)6-3-11/h2-9,18H,1H3. The minimum atomic E-state index is -0.248. The average molecular weight is 253 g/mol. The smallest absolute Gasteiger partial charge is 0.159 e. The van der Waals surface area contributed by atoms with Crippen molar-refractivity contribution in [1.29, 1.82) is 0 Å². The molecule has 0 atom stereocenters. The van der Waals surface area contributed by atoms with E-state index in [0.29, 0.717) is 5.56 Å². The summed E-state index contributed by atoms with van der Waals surface area (Å²) < 4.78 is 12.9. The van der Waals surface area contributed by atoms with E-state index in [2.05, 4.69) is 4.98 Å². The van der Waals surface area contributed by atoms with Gasteiger partial charge in [0.1, 0.15) is 5.82 Å². The van der Waals surface area contributed by atoms with Crippen molar-refractivity contribution in [3.63, 3.8) is 0 Å². The molecule has 94 valence electrons. The third-order valence-corrected chi connectivity index (χ3v) is 3.24. The molecule has 0 radical (unpaired) electrons. The Balaban J connectivity index is 2.15. The zero-order valence-electron chi connectivity index (χ0n) is 10.4. The maximum Gasteiger partial charge on any atom is 0.159 e. The maximum atomic E-state index is 12.9. The first-order valence-electron chi connectivity index (χ1n) is 6.03. The molecule has 1 heterocycles. The minimum Gasteiger partial charge on any atom is -0.361 e. The van der Waals surface area contributed by atoms with Crippen LogP contribution < -0.4 is 0 Å². The van der Waals surface area contributed by atoms with Gasteiger partial charge in [-0.05, 0) is 30.7 Å². The fraction of sp³-hybridized carbons (Fsp3) is 0.0625. The third-order valence-electron chi connectivity index (χ3n) is 3.24. The normalized spacial score (nSPS) is 10.8. The van der Waals surface area contributed by atoms with Gasteiger partial charge in [0.2, 0.25) is 0 Å². The molecule has 3 heteroatoms. The molecule has 2 nitrogen and oxygen atoms in total. The average Bonchev–Trinajstić information content (AvgIpc) is 2.82. The molecule has 0 spiro atoms. The highest BCUT2D eigenvalue weighted by Gasteiger charge is 2.08. The number of Topliss-reactive ketones (excluding diaryl/α,β-unsaturated/α-hetero) is 1. The van der Waals surface area contributed by atoms with Crippen LogP contribution in [0.5, 0.6) is 0 Å². The highest BCUT2D eigenvalue weighted by molar-refractivity contribution is 6.01. The molecule has 0 saturated heterocycles. The molecule has 3 aromatic rings. The molecular weight excluding hydrogens is 241 g/mol. The van der Waals surface area contributed by atoms with Crippen molar-refractivity contribution in [1.82, 2.24) is 4.98 Å². The van der Waals surface area contributed by atoms with Crippen molar-refractivity contribution in [2.75, 3.05) is 0 Å². The first-order valence-corrected chi connectivity index (χ1v) is 6.03. The van der Waals surface area contributed by atoms with Crippen LogP contribution in [-0.2, 0) is 0 Å². The fourth-order valence-electron chi connectivity index (χ4n) is 2.21. The van der Waals surface area contributed by atoms with Gasteiger partial charge in [-0.3, -0.25) is 4.79 Å². The fourth-order valence-corrected chi connectivity index (χ4v) is 2.21. The van der Waals surface area contributed by atoms with E-state index in [0.717, 1.165) is 22.0 Å². The molecule has 0 aliphatic rings. The predicted molar refractivity (Wildman–Crippen MR) is 73.7 cm³/mol. The predicted octanol–water partition coefficient (Wildman–Crippen LogP) is 4.18. The van der Waals surface area contributed by atoms with Gasteiger partial charge in [-0.25, -0.2) is 4.39 Å². The Labute approximate surface area is 109 Å². The summed E-state index contributed by atoms with van der Waals surface area (Å²) >= 11 is 0. The number of rotatable bonds is 2. The monoisotopic (exact) mass is 253 g/mol. The molecule has 1 N–H and O–H groups in total. The van der Waals surface area contributed by atoms with E-state index in [1.54, 1.807) is 19.1 Å². The number of halogens is 1. The summed E-state index contributed by atoms with van der Waals surface area (Å²) in [7, 11) is 0. The number of hydrogen-bond acceptors (Lipinski definition) is 1. The molecule has 0 amide bonds. The topological polar surface area (TPSA) is 32.9 Å². The Morgan fingerprint density at radius 1 is 1.11 bits per heavy atom. The van der Waals surface area contributed by atoms with Crippen molar-refractivity contribution in [2.24, 2.45) is 0 Å². The van der Waals surface area contributed by atoms with E-state index >= 15 is 0 Å². The first kappa shape index (κ1) is 11.7. The summed E-state index contributed by atoms with van der Waals surface area (Å²) in [5.74, 6) is -0.206. The number of carbonyl (C=O) groups is 1. The molecule has 3 rings (SSSR count). The van der Waals surface area contributed by atoms with Crippen LogP contribution in [0.25, 0.3) is 22.0 Å². The molecule has 0 aliphatic carbocycles. The molecule has 0 unspecified atom stereocenters. The molecule has 0 aliphatic heterocycles. The van der Waals surface area contributed by atoms with E-state index in [-0.39, 0.29) is 11.6 Å². The van der Waals surface area contributed by atoms with Crippen LogP contribution in [-0.4, -0.2) is 10.8 Å². The Morgan fingerprint density at radius 2 is 1.84 bits per heavy atom. The molecular formula is C16H12FNO. The zero-order valence-corrected chi connectivity index (χ0v) is 10.4. The van der Waals surface area contributed by atoms with Gasteiger partial charge >= 0.3 is 0 Å². The highest BCUT2D eigenvalue weighted by Crippen LogP contribution is 2.29. The summed E-state index contributed by atoms with van der Waals surface area (Å²) in [6.07, 6.45) is 1.88. The third kappa shape index (κ3) is 2.03. The van der Waals surface area contributed by atoms with Crippen LogP contribution in [0.1, 0.15) is 17.3 Å². The van der Waals surface area contributed by atoms with Gasteiger partial charge in [-0.2, -0.15) is 0 Å². The second-order valence-electron chi connectivity index (χ2n) is 4.53. The summed E-state index contributed by atoms with van der Waals surface area (Å²) in [5, 5.41) is 1.02. The van der Waals surface area contributed by atoms with Crippen LogP contribution in [0.15, 0.2) is 48.7 Å². The van der Waals surface area contributed by atoms with Crippen molar-refractivity contribution in [3.8, 4) is 11.1 Å². The van der Waals surface area contributed by atoms with Gasteiger partial charge in [0, 0.05) is 28.2 Å². The van der Waals surface area contributed by atoms with E-state index < -0.39 is 0 Å². The van der Waals surface area contributed by atoms with Gasteiger partial charge in [0.15, 0.2) is 5.78 Å². The summed E-state index contributed by atoms with van der Waals surface area (Å²) in [4.78, 5) is 14.5. The van der Waals surface area contributed by atoms with Crippen molar-refractivity contribution >= 4 is 16.7 Å². The van der Waals surface area contributed by atoms with E-state index in [9.17, 15) is 9.18 Å². The van der Waals surface area contributed by atoms with E-state index in [4.69, 9.17) is 0 Å². The van der Waals surface area contributed by atoms with Gasteiger partial charge in [-0.15, -0.1) is 0 Å². The second-order valence-corrected chi connectivity index (χ2v) is 4.53. The number of H-pyrrole nitrogens is 1. The van der Waals surface area contributed by atoms with Crippen molar-refractivity contribution < 1.29 is 9.18 Å². The van der Waals surface area contributed by atoms with Crippen molar-refractivity contribution in [2.45, 2.75) is 6.92 Å². The summed E-state index contributed by atoms with van der Waals surface area (Å²) in [6.45, 7) is 1.55. The second kappa shape index (κ2) is 4.35. The Bertz CT molecular complexity index is 756. The number of carbonyl (C=O) groups excluding carboxylic acids is 1. The molecule has 0 fully saturated rings. The number of nitrogens with one attached hydrogen (secondary N) is 1. The van der Waals surface area contributed by atoms with Crippen LogP contribution in [0.4, 0.5) is 4.39 Å². The minimum absolute atomic E-state index is 0.0415. The molecule has 1 aromatic heterocycles. The quantitative estimate of drug-likeness (QED) is 0.683. The van der Waals surface area contributed by atoms with Gasteiger partial charge in [0.05, 0.1) is 0 Å². The van der Waals surface area contributed by atoms with Crippen LogP contribution >= 0.6 is 0 Å². The largest absolute Gasteiger partial charge is 0.361 e. The first-order chi connectivity index (χ1) is 9.15. The highest BCUT2D eigenvalue weighted by atomic mass is 19.1. The maximum absolute atomic E-state index is 12.9. The molecule has 2 aromatic carbocycles. The number of aromatic nitrogens is 1. The zero-order chi connectivity index (χ0) is 13.4. The number of ketones is 1. The van der Waals surface area contributed by atoms with Gasteiger partial charge < -0.3 is 4.98 Å². The lowest BCUT2D eigenvalue weighted by Crippen LogP contribution is -1.90. The lowest BCUT2D eigenvalue weighted by atomic mass is 10.0. The molecule has 0 saturated carbocycles. The number of fused-ring (bicyclic) bond motifs is 1. The van der Waals surface area contributed by atoms with Gasteiger partial charge in [-0.1, -0.05) is 24.3 Å². The van der Waals surface area contributed by atoms with Crippen molar-refractivity contribution in [3.05, 3.63) is 60.0 Å². The summed E-state index contributed by atoms with van der Waals surface area (Å²) in [5.41, 5.74) is 3.54.